The number of carbonyl (C=O) groups excluding carboxylic acids is 2. The van der Waals surface area contributed by atoms with Gasteiger partial charge in [0.15, 0.2) is 6.61 Å². The molecular formula is C15H20FNO4. The molecule has 0 spiro atoms. The first-order valence-electron chi connectivity index (χ1n) is 6.78. The molecule has 1 aromatic rings. The molecule has 1 rings (SSSR count). The zero-order chi connectivity index (χ0) is 15.8. The Kier molecular flexibility index (Phi) is 6.65. The van der Waals surface area contributed by atoms with Crippen LogP contribution in [0.2, 0.25) is 0 Å². The number of halogens is 1. The van der Waals surface area contributed by atoms with Gasteiger partial charge < -0.3 is 14.8 Å². The average molecular weight is 297 g/mol. The maximum atomic E-state index is 13.6. The van der Waals surface area contributed by atoms with E-state index in [4.69, 9.17) is 9.47 Å². The predicted octanol–water partition coefficient (Wildman–Crippen LogP) is 2.30. The van der Waals surface area contributed by atoms with Crippen LogP contribution in [0.4, 0.5) is 4.39 Å². The molecule has 1 aromatic carbocycles. The molecule has 0 aromatic heterocycles. The minimum Gasteiger partial charge on any atom is -0.497 e. The van der Waals surface area contributed by atoms with Crippen LogP contribution in [-0.2, 0) is 9.53 Å². The number of esters is 1. The first kappa shape index (κ1) is 16.9. The summed E-state index contributed by atoms with van der Waals surface area (Å²) in [5, 5.41) is 2.69. The number of amides is 1. The van der Waals surface area contributed by atoms with Crippen molar-refractivity contribution in [3.63, 3.8) is 0 Å². The predicted molar refractivity (Wildman–Crippen MR) is 75.7 cm³/mol. The molecule has 116 valence electrons. The molecule has 1 atom stereocenters. The fraction of sp³-hybridized carbons (Fsp3) is 0.467. The van der Waals surface area contributed by atoms with Crippen LogP contribution < -0.4 is 10.1 Å². The molecule has 0 aliphatic carbocycles. The lowest BCUT2D eigenvalue weighted by molar-refractivity contribution is -0.124. The number of hydrogen-bond acceptors (Lipinski definition) is 4. The van der Waals surface area contributed by atoms with Crippen LogP contribution in [0.1, 0.15) is 37.0 Å². The van der Waals surface area contributed by atoms with Crippen molar-refractivity contribution in [3.05, 3.63) is 29.6 Å². The topological polar surface area (TPSA) is 64.6 Å². The van der Waals surface area contributed by atoms with Gasteiger partial charge in [0.1, 0.15) is 11.6 Å². The highest BCUT2D eigenvalue weighted by atomic mass is 19.1. The van der Waals surface area contributed by atoms with Gasteiger partial charge in [-0.05, 0) is 25.5 Å². The Morgan fingerprint density at radius 3 is 2.67 bits per heavy atom. The number of carbonyl (C=O) groups is 2. The van der Waals surface area contributed by atoms with Gasteiger partial charge in [0, 0.05) is 12.1 Å². The Morgan fingerprint density at radius 2 is 2.10 bits per heavy atom. The van der Waals surface area contributed by atoms with Crippen LogP contribution in [-0.4, -0.2) is 31.6 Å². The zero-order valence-electron chi connectivity index (χ0n) is 12.4. The number of benzene rings is 1. The molecule has 0 aliphatic heterocycles. The van der Waals surface area contributed by atoms with Gasteiger partial charge in [-0.1, -0.05) is 13.3 Å². The fourth-order valence-corrected chi connectivity index (χ4v) is 1.82. The highest BCUT2D eigenvalue weighted by Crippen LogP contribution is 2.16. The molecule has 0 radical (unpaired) electrons. The van der Waals surface area contributed by atoms with E-state index in [-0.39, 0.29) is 11.6 Å². The lowest BCUT2D eigenvalue weighted by Crippen LogP contribution is -2.35. The SMILES string of the molecule is CCC[C@@H](C)NC(=O)COC(=O)c1ccc(OC)cc1F. The van der Waals surface area contributed by atoms with Crippen LogP contribution in [0, 0.1) is 5.82 Å². The third kappa shape index (κ3) is 5.41. The molecule has 0 saturated heterocycles. The van der Waals surface area contributed by atoms with Crippen molar-refractivity contribution < 1.29 is 23.5 Å². The van der Waals surface area contributed by atoms with Gasteiger partial charge in [0.2, 0.25) is 0 Å². The van der Waals surface area contributed by atoms with Gasteiger partial charge in [-0.25, -0.2) is 9.18 Å². The summed E-state index contributed by atoms with van der Waals surface area (Å²) in [5.41, 5.74) is -0.231. The Labute approximate surface area is 123 Å². The molecule has 6 heteroatoms. The van der Waals surface area contributed by atoms with Gasteiger partial charge in [-0.2, -0.15) is 0 Å². The van der Waals surface area contributed by atoms with Crippen molar-refractivity contribution in [3.8, 4) is 5.75 Å². The standard InChI is InChI=1S/C15H20FNO4/c1-4-5-10(2)17-14(18)9-21-15(19)12-7-6-11(20-3)8-13(12)16/h6-8,10H,4-5,9H2,1-3H3,(H,17,18)/t10-/m1/s1. The van der Waals surface area contributed by atoms with Crippen molar-refractivity contribution in [1.29, 1.82) is 0 Å². The fourth-order valence-electron chi connectivity index (χ4n) is 1.82. The van der Waals surface area contributed by atoms with Gasteiger partial charge in [0.25, 0.3) is 5.91 Å². The second-order valence-electron chi connectivity index (χ2n) is 4.68. The smallest absolute Gasteiger partial charge is 0.341 e. The lowest BCUT2D eigenvalue weighted by Gasteiger charge is -2.12. The van der Waals surface area contributed by atoms with E-state index in [9.17, 15) is 14.0 Å². The number of methoxy groups -OCH3 is 1. The summed E-state index contributed by atoms with van der Waals surface area (Å²) in [5.74, 6) is -1.74. The number of hydrogen-bond donors (Lipinski definition) is 1. The van der Waals surface area contributed by atoms with Gasteiger partial charge in [0.05, 0.1) is 12.7 Å². The van der Waals surface area contributed by atoms with Crippen molar-refractivity contribution in [2.75, 3.05) is 13.7 Å². The third-order valence-corrected chi connectivity index (χ3v) is 2.86. The summed E-state index contributed by atoms with van der Waals surface area (Å²) in [6.45, 7) is 3.44. The second kappa shape index (κ2) is 8.24. The quantitative estimate of drug-likeness (QED) is 0.784. The van der Waals surface area contributed by atoms with Crippen LogP contribution in [0.15, 0.2) is 18.2 Å². The van der Waals surface area contributed by atoms with E-state index >= 15 is 0 Å². The molecule has 1 amide bonds. The molecule has 0 aliphatic rings. The van der Waals surface area contributed by atoms with Gasteiger partial charge in [-0.15, -0.1) is 0 Å². The maximum absolute atomic E-state index is 13.6. The Balaban J connectivity index is 2.52. The monoisotopic (exact) mass is 297 g/mol. The summed E-state index contributed by atoms with van der Waals surface area (Å²) in [7, 11) is 1.40. The average Bonchev–Trinajstić information content (AvgIpc) is 2.44. The molecule has 5 nitrogen and oxygen atoms in total. The normalized spacial score (nSPS) is 11.6. The Hall–Kier alpha value is -2.11. The van der Waals surface area contributed by atoms with Crippen LogP contribution in [0.5, 0.6) is 5.75 Å². The third-order valence-electron chi connectivity index (χ3n) is 2.86. The van der Waals surface area contributed by atoms with Gasteiger partial charge in [-0.3, -0.25) is 4.79 Å². The molecule has 0 bridgehead atoms. The number of nitrogens with one attached hydrogen (secondary N) is 1. The molecule has 0 saturated carbocycles. The van der Waals surface area contributed by atoms with E-state index in [0.29, 0.717) is 5.75 Å². The Morgan fingerprint density at radius 1 is 1.38 bits per heavy atom. The molecule has 1 N–H and O–H groups in total. The van der Waals surface area contributed by atoms with Crippen molar-refractivity contribution in [2.45, 2.75) is 32.7 Å². The van der Waals surface area contributed by atoms with Crippen LogP contribution >= 0.6 is 0 Å². The maximum Gasteiger partial charge on any atom is 0.341 e. The molecule has 0 unspecified atom stereocenters. The summed E-state index contributed by atoms with van der Waals surface area (Å²) in [4.78, 5) is 23.2. The van der Waals surface area contributed by atoms with E-state index in [2.05, 4.69) is 5.32 Å². The number of rotatable bonds is 7. The second-order valence-corrected chi connectivity index (χ2v) is 4.68. The lowest BCUT2D eigenvalue weighted by atomic mass is 10.2. The summed E-state index contributed by atoms with van der Waals surface area (Å²) >= 11 is 0. The van der Waals surface area contributed by atoms with Crippen LogP contribution in [0.3, 0.4) is 0 Å². The molecular weight excluding hydrogens is 277 g/mol. The van der Waals surface area contributed by atoms with Crippen molar-refractivity contribution in [2.24, 2.45) is 0 Å². The summed E-state index contributed by atoms with van der Waals surface area (Å²) < 4.78 is 23.3. The minimum atomic E-state index is -0.881. The van der Waals surface area contributed by atoms with Gasteiger partial charge >= 0.3 is 5.97 Å². The number of ether oxygens (including phenoxy) is 2. The first-order chi connectivity index (χ1) is 9.97. The summed E-state index contributed by atoms with van der Waals surface area (Å²) in [6.07, 6.45) is 1.78. The highest BCUT2D eigenvalue weighted by Gasteiger charge is 2.16. The first-order valence-corrected chi connectivity index (χ1v) is 6.78. The van der Waals surface area contributed by atoms with Crippen molar-refractivity contribution in [1.82, 2.24) is 5.32 Å². The zero-order valence-corrected chi connectivity index (χ0v) is 12.4. The van der Waals surface area contributed by atoms with E-state index < -0.39 is 24.3 Å². The Bertz CT molecular complexity index is 504. The highest BCUT2D eigenvalue weighted by molar-refractivity contribution is 5.91. The van der Waals surface area contributed by atoms with E-state index in [1.54, 1.807) is 0 Å². The van der Waals surface area contributed by atoms with E-state index in [1.807, 2.05) is 13.8 Å². The van der Waals surface area contributed by atoms with E-state index in [0.717, 1.165) is 18.9 Å². The minimum absolute atomic E-state index is 0.0129. The molecule has 0 heterocycles. The van der Waals surface area contributed by atoms with Crippen LogP contribution in [0.25, 0.3) is 0 Å². The largest absolute Gasteiger partial charge is 0.497 e. The molecule has 21 heavy (non-hydrogen) atoms. The molecule has 0 fully saturated rings. The van der Waals surface area contributed by atoms with E-state index in [1.165, 1.54) is 19.2 Å². The summed E-state index contributed by atoms with van der Waals surface area (Å²) in [6, 6.07) is 3.80. The van der Waals surface area contributed by atoms with Crippen molar-refractivity contribution >= 4 is 11.9 Å².